The number of nitrogens with two attached hydrogens (primary N) is 7. The molecule has 15 rings (SSSR count). The van der Waals surface area contributed by atoms with Gasteiger partial charge in [-0.1, -0.05) is 138 Å². The fourth-order valence-corrected chi connectivity index (χ4v) is 28.8. The van der Waals surface area contributed by atoms with Crippen LogP contribution in [0.5, 0.6) is 69.0 Å². The van der Waals surface area contributed by atoms with E-state index < -0.39 is 65.2 Å². The zero-order valence-electron chi connectivity index (χ0n) is 81.5. The maximum atomic E-state index is 14.4. The Labute approximate surface area is 820 Å². The maximum Gasteiger partial charge on any atom is 0.411 e. The number of hydrogen-bond donors (Lipinski definition) is 7. The lowest BCUT2D eigenvalue weighted by Crippen LogP contribution is -2.54. The summed E-state index contributed by atoms with van der Waals surface area (Å²) in [7, 11) is -10.1. The number of sulfone groups is 2. The summed E-state index contributed by atoms with van der Waals surface area (Å²) in [6.07, 6.45) is 6.90. The van der Waals surface area contributed by atoms with E-state index >= 15 is 0 Å². The minimum Gasteiger partial charge on any atom is -0.457 e. The number of unbranched alkanes of at least 4 members (excludes halogenated alkanes) is 1. The van der Waals surface area contributed by atoms with Gasteiger partial charge in [0.25, 0.3) is 0 Å². The Morgan fingerprint density at radius 3 is 0.978 bits per heavy atom. The van der Waals surface area contributed by atoms with E-state index in [0.29, 0.717) is 92.7 Å². The normalized spacial score (nSPS) is 17.8. The lowest BCUT2D eigenvalue weighted by molar-refractivity contribution is -0.288. The lowest BCUT2D eigenvalue weighted by Gasteiger charge is -2.38. The number of aryl methyl sites for hydroxylation is 3. The molecule has 744 valence electrons. The molecule has 12 aromatic rings. The fraction of sp³-hybridized carbons (Fsp3) is 0.351. The number of rotatable bonds is 28. The van der Waals surface area contributed by atoms with E-state index in [4.69, 9.17) is 72.7 Å². The molecule has 3 aliphatic carbocycles. The Bertz CT molecular complexity index is 5650. The first-order chi connectivity index (χ1) is 65.9. The first kappa shape index (κ1) is 110. The van der Waals surface area contributed by atoms with Crippen LogP contribution < -0.4 is 68.6 Å². The van der Waals surface area contributed by atoms with E-state index in [-0.39, 0.29) is 31.1 Å². The molecule has 0 saturated heterocycles. The Hall–Kier alpha value is -11.4. The van der Waals surface area contributed by atoms with E-state index in [2.05, 4.69) is 53.9 Å². The topological polar surface area (TPSA) is 315 Å². The second-order valence-electron chi connectivity index (χ2n) is 37.9. The van der Waals surface area contributed by atoms with Gasteiger partial charge in [-0.05, 0) is 388 Å². The maximum absolute atomic E-state index is 14.4. The summed E-state index contributed by atoms with van der Waals surface area (Å²) in [6.45, 7) is 25.5. The molecule has 12 aromatic carbocycles. The van der Waals surface area contributed by atoms with E-state index in [9.17, 15) is 43.2 Å². The number of anilines is 3. The third-order valence-corrected chi connectivity index (χ3v) is 36.3. The predicted molar refractivity (Wildman–Crippen MR) is 552 cm³/mol. The fourth-order valence-electron chi connectivity index (χ4n) is 17.2. The highest BCUT2D eigenvalue weighted by Gasteiger charge is 2.72. The number of hydrogen-bond acceptors (Lipinski definition) is 18. The molecule has 0 radical (unpaired) electrons. The number of nitrogen functional groups attached to an aromatic ring is 3. The van der Waals surface area contributed by atoms with Crippen LogP contribution in [0.25, 0.3) is 0 Å². The monoisotopic (exact) mass is 1980 g/mol. The van der Waals surface area contributed by atoms with E-state index in [1.165, 1.54) is 150 Å². The highest BCUT2D eigenvalue weighted by Crippen LogP contribution is 2.57. The molecule has 3 aliphatic rings. The van der Waals surface area contributed by atoms with Crippen LogP contribution in [0.4, 0.5) is 43.4 Å². The standard InChI is InChI=1S/C28H21F6NO2.2C25H21NO4S.C16H31N.C11H29NOSi2.C6H14N2/c1-18-2-10-22(11-3-18)36-23-12-4-19(5-13-23)26(27(29,30)31,28(32,33)34)20-6-14-24(15-7-20)37-25-16-8-21(35)9-17-25;1-18-2-6-20(7-3-18)29-22-10-14-24(15-11-22)31(27,28)25-16-12-23(13-17-25)30-21-8-4-19(26)5-9-21;1-18-4-2-6-22(16-18)29-20-8-12-24(13-9-20)31(27,28)25-14-10-21(11-15-25)30-23-7-3-5-19(26)17-23;1-11-4-5-14(8-12(11)2)10-15-6-7-16(17)13(3)9-15;1-6-7-10-14(2,3)13-15(4,5)11-8-9-12;7-5-2-1-3-6(8)4-5/h2-17H,35H2,1H3;2*2-17H,26H2,1H3;11-16H,4-10,17H2,1-3H3;6-12H2,1-5H3;5-6H,1-4,7-8H2. The molecule has 3 fully saturated rings. The van der Waals surface area contributed by atoms with E-state index in [1.54, 1.807) is 133 Å². The molecule has 0 spiro atoms. The Morgan fingerprint density at radius 2 is 0.662 bits per heavy atom. The van der Waals surface area contributed by atoms with Crippen LogP contribution in [0.1, 0.15) is 145 Å². The van der Waals surface area contributed by atoms with Crippen molar-refractivity contribution in [3.05, 3.63) is 319 Å². The van der Waals surface area contributed by atoms with Gasteiger partial charge in [0, 0.05) is 41.3 Å². The van der Waals surface area contributed by atoms with Gasteiger partial charge in [-0.25, -0.2) is 16.8 Å². The lowest BCUT2D eigenvalue weighted by atomic mass is 9.69. The third kappa shape index (κ3) is 33.4. The Balaban J connectivity index is 0.000000181. The third-order valence-electron chi connectivity index (χ3n) is 25.2. The smallest absolute Gasteiger partial charge is 0.411 e. The molecule has 28 heteroatoms. The molecule has 139 heavy (non-hydrogen) atoms. The van der Waals surface area contributed by atoms with Crippen molar-refractivity contribution in [2.24, 2.45) is 52.5 Å². The minimum absolute atomic E-state index is 0.0635. The Kier molecular flexibility index (Phi) is 39.9. The molecule has 0 aromatic heterocycles. The van der Waals surface area contributed by atoms with E-state index in [1.807, 2.05) is 69.3 Å². The van der Waals surface area contributed by atoms with Crippen molar-refractivity contribution in [1.29, 1.82) is 0 Å². The second-order valence-corrected chi connectivity index (χ2v) is 50.7. The van der Waals surface area contributed by atoms with Crippen molar-refractivity contribution in [3.63, 3.8) is 0 Å². The predicted octanol–water partition coefficient (Wildman–Crippen LogP) is 28.6. The van der Waals surface area contributed by atoms with Crippen LogP contribution in [-0.4, -0.2) is 70.5 Å². The second kappa shape index (κ2) is 50.6. The van der Waals surface area contributed by atoms with Gasteiger partial charge in [0.1, 0.15) is 69.0 Å². The van der Waals surface area contributed by atoms with Crippen molar-refractivity contribution >= 4 is 53.4 Å². The van der Waals surface area contributed by atoms with Crippen LogP contribution in [0, 0.1) is 50.4 Å². The molecule has 0 heterocycles. The molecule has 14 N–H and O–H groups in total. The molecule has 0 amide bonds. The zero-order chi connectivity index (χ0) is 101. The zero-order valence-corrected chi connectivity index (χ0v) is 85.1. The van der Waals surface area contributed by atoms with Crippen molar-refractivity contribution in [2.45, 2.75) is 232 Å². The molecule has 3 saturated carbocycles. The van der Waals surface area contributed by atoms with Gasteiger partial charge in [-0.2, -0.15) is 26.3 Å². The van der Waals surface area contributed by atoms with Gasteiger partial charge in [0.2, 0.25) is 25.1 Å². The summed E-state index contributed by atoms with van der Waals surface area (Å²) >= 11 is 0. The highest BCUT2D eigenvalue weighted by molar-refractivity contribution is 7.91. The number of ether oxygens (including phenoxy) is 6. The van der Waals surface area contributed by atoms with Crippen molar-refractivity contribution in [2.75, 3.05) is 23.7 Å². The van der Waals surface area contributed by atoms with Crippen molar-refractivity contribution in [3.8, 4) is 69.0 Å². The Morgan fingerprint density at radius 1 is 0.345 bits per heavy atom. The van der Waals surface area contributed by atoms with Gasteiger partial charge in [-0.3, -0.25) is 0 Å². The van der Waals surface area contributed by atoms with Gasteiger partial charge in [0.05, 0.1) is 19.6 Å². The number of alkyl halides is 6. The van der Waals surface area contributed by atoms with Crippen molar-refractivity contribution in [1.82, 2.24) is 0 Å². The summed E-state index contributed by atoms with van der Waals surface area (Å²) in [5.74, 6) is 10.3. The van der Waals surface area contributed by atoms with Gasteiger partial charge in [0.15, 0.2) is 16.6 Å². The summed E-state index contributed by atoms with van der Waals surface area (Å²) in [4.78, 5) is 0.744. The summed E-state index contributed by atoms with van der Waals surface area (Å²) in [5.41, 5.74) is 38.6. The quantitative estimate of drug-likeness (QED) is 0.0136. The van der Waals surface area contributed by atoms with E-state index in [0.717, 1.165) is 114 Å². The summed E-state index contributed by atoms with van der Waals surface area (Å²) in [5, 5.41) is 0. The first-order valence-corrected chi connectivity index (χ1v) is 56.8. The average Bonchev–Trinajstić information content (AvgIpc) is 0.714. The first-order valence-electron chi connectivity index (χ1n) is 47.6. The van der Waals surface area contributed by atoms with Gasteiger partial charge < -0.3 is 72.7 Å². The van der Waals surface area contributed by atoms with Crippen LogP contribution >= 0.6 is 0 Å². The number of halogens is 6. The molecular formula is C111H137F6N7O11S2Si2. The van der Waals surface area contributed by atoms with Gasteiger partial charge in [-0.15, -0.1) is 0 Å². The molecule has 0 aliphatic heterocycles. The number of benzene rings is 12. The summed E-state index contributed by atoms with van der Waals surface area (Å²) in [6, 6.07) is 78.8. The average molecular weight is 1980 g/mol. The molecular weight excluding hydrogens is 1840 g/mol. The minimum atomic E-state index is -5.70. The largest absolute Gasteiger partial charge is 0.457 e. The van der Waals surface area contributed by atoms with Gasteiger partial charge >= 0.3 is 12.4 Å². The van der Waals surface area contributed by atoms with Crippen molar-refractivity contribution < 1.29 is 75.7 Å². The van der Waals surface area contributed by atoms with Crippen LogP contribution in [0.3, 0.4) is 0 Å². The molecule has 8 unspecified atom stereocenters. The van der Waals surface area contributed by atoms with Crippen LogP contribution in [0.2, 0.25) is 38.3 Å². The molecule has 0 bridgehead atoms. The highest BCUT2D eigenvalue weighted by atomic mass is 32.2. The van der Waals surface area contributed by atoms with Crippen LogP contribution in [-0.2, 0) is 29.2 Å². The summed E-state index contributed by atoms with van der Waals surface area (Å²) < 4.78 is 179. The SMILES string of the molecule is CC1CCC(CC2CCC(N)C(C)C2)CC1C.CCCC[Si](C)(C)O[Si](C)(C)CCCN.Cc1ccc(Oc2ccc(C(c3ccc(Oc4ccc(N)cc4)cc3)(C(F)(F)F)C(F)(F)F)cc2)cc1.Cc1ccc(Oc2ccc(S(=O)(=O)c3ccc(Oc4ccc(N)cc4)cc3)cc2)cc1.Cc1cccc(Oc2ccc(S(=O)(=O)c3ccc(Oc4cccc(N)c4)cc3)cc2)c1.NC1CCCC(N)C1. The molecule has 8 atom stereocenters. The molecule has 18 nitrogen and oxygen atoms in total. The van der Waals surface area contributed by atoms with Crippen LogP contribution in [0.15, 0.2) is 311 Å².